The van der Waals surface area contributed by atoms with Gasteiger partial charge in [0.15, 0.2) is 0 Å². The monoisotopic (exact) mass is 405 g/mol. The molecule has 0 bridgehead atoms. The second-order valence-corrected chi connectivity index (χ2v) is 7.80. The van der Waals surface area contributed by atoms with Crippen molar-refractivity contribution in [1.29, 1.82) is 0 Å². The molecule has 7 heteroatoms. The average Bonchev–Trinajstić information content (AvgIpc) is 2.76. The number of ether oxygens (including phenoxy) is 1. The molecule has 0 spiro atoms. The van der Waals surface area contributed by atoms with Gasteiger partial charge >= 0.3 is 0 Å². The lowest BCUT2D eigenvalue weighted by Gasteiger charge is -2.29. The molecule has 2 heterocycles. The summed E-state index contributed by atoms with van der Waals surface area (Å²) in [4.78, 5) is 24.0. The number of benzene rings is 2. The Kier molecular flexibility index (Phi) is 5.81. The molecule has 1 saturated heterocycles. The molecule has 4 rings (SSSR count). The number of piperidine rings is 1. The van der Waals surface area contributed by atoms with E-state index in [4.69, 9.17) is 4.74 Å². The molecule has 156 valence electrons. The van der Waals surface area contributed by atoms with Gasteiger partial charge in [-0.05, 0) is 63.7 Å². The largest absolute Gasteiger partial charge is 0.495 e. The number of likely N-dealkylation sites (tertiary alicyclic amines) is 1. The molecule has 0 aliphatic carbocycles. The lowest BCUT2D eigenvalue weighted by molar-refractivity contribution is 0.0916. The first-order valence-corrected chi connectivity index (χ1v) is 10.2. The van der Waals surface area contributed by atoms with Gasteiger partial charge in [-0.15, -0.1) is 0 Å². The first-order chi connectivity index (χ1) is 14.5. The summed E-state index contributed by atoms with van der Waals surface area (Å²) in [5.74, 6) is 0.977. The smallest absolute Gasteiger partial charge is 0.251 e. The van der Waals surface area contributed by atoms with Crippen molar-refractivity contribution in [3.05, 3.63) is 53.7 Å². The number of carbonyl (C=O) groups is 1. The number of nitrogens with zero attached hydrogens (tertiary/aromatic N) is 3. The standard InChI is InChI=1S/C23H27N5O2/c1-15-5-4-6-17-14-24-23(27-21(15)17)26-19-8-7-16(13-20(19)30-3)22(29)25-18-9-11-28(2)12-10-18/h4-8,13-14,18H,9-12H2,1-3H3,(H,25,29)(H,24,26,27). The summed E-state index contributed by atoms with van der Waals surface area (Å²) in [7, 11) is 3.69. The number of nitrogens with one attached hydrogen (secondary N) is 2. The Labute approximate surface area is 176 Å². The number of aromatic nitrogens is 2. The summed E-state index contributed by atoms with van der Waals surface area (Å²) >= 11 is 0. The van der Waals surface area contributed by atoms with Gasteiger partial charge in [0, 0.05) is 23.2 Å². The molecule has 0 atom stereocenters. The SMILES string of the molecule is COc1cc(C(=O)NC2CCN(C)CC2)ccc1Nc1ncc2cccc(C)c2n1. The molecular weight excluding hydrogens is 378 g/mol. The highest BCUT2D eigenvalue weighted by molar-refractivity contribution is 5.95. The Morgan fingerprint density at radius 1 is 1.20 bits per heavy atom. The van der Waals surface area contributed by atoms with E-state index >= 15 is 0 Å². The van der Waals surface area contributed by atoms with Gasteiger partial charge in [0.05, 0.1) is 18.3 Å². The highest BCUT2D eigenvalue weighted by Crippen LogP contribution is 2.28. The molecule has 1 aliphatic heterocycles. The molecule has 0 unspecified atom stereocenters. The second-order valence-electron chi connectivity index (χ2n) is 7.80. The first-order valence-electron chi connectivity index (χ1n) is 10.2. The second kappa shape index (κ2) is 8.67. The maximum Gasteiger partial charge on any atom is 0.251 e. The first kappa shape index (κ1) is 20.1. The third-order valence-electron chi connectivity index (χ3n) is 5.58. The fraction of sp³-hybridized carbons (Fsp3) is 0.348. The van der Waals surface area contributed by atoms with Crippen molar-refractivity contribution < 1.29 is 9.53 Å². The van der Waals surface area contributed by atoms with Crippen molar-refractivity contribution >= 4 is 28.4 Å². The predicted octanol–water partition coefficient (Wildman–Crippen LogP) is 3.51. The minimum Gasteiger partial charge on any atom is -0.495 e. The van der Waals surface area contributed by atoms with Crippen LogP contribution in [0.3, 0.4) is 0 Å². The van der Waals surface area contributed by atoms with Crippen LogP contribution >= 0.6 is 0 Å². The number of anilines is 2. The third kappa shape index (κ3) is 4.36. The molecule has 30 heavy (non-hydrogen) atoms. The Morgan fingerprint density at radius 2 is 2.00 bits per heavy atom. The van der Waals surface area contributed by atoms with Gasteiger partial charge in [-0.1, -0.05) is 18.2 Å². The molecule has 1 aliphatic rings. The fourth-order valence-electron chi connectivity index (χ4n) is 3.74. The highest BCUT2D eigenvalue weighted by Gasteiger charge is 2.20. The van der Waals surface area contributed by atoms with Gasteiger partial charge in [0.1, 0.15) is 5.75 Å². The molecular formula is C23H27N5O2. The topological polar surface area (TPSA) is 79.4 Å². The zero-order chi connectivity index (χ0) is 21.1. The molecule has 2 aromatic carbocycles. The van der Waals surface area contributed by atoms with Crippen molar-refractivity contribution in [3.8, 4) is 5.75 Å². The highest BCUT2D eigenvalue weighted by atomic mass is 16.5. The van der Waals surface area contributed by atoms with Crippen LogP contribution in [-0.2, 0) is 0 Å². The number of amides is 1. The Morgan fingerprint density at radius 3 is 2.77 bits per heavy atom. The Bertz CT molecular complexity index is 1060. The van der Waals surface area contributed by atoms with E-state index in [1.165, 1.54) is 0 Å². The average molecular weight is 406 g/mol. The molecule has 1 fully saturated rings. The molecule has 0 saturated carbocycles. The number of methoxy groups -OCH3 is 1. The van der Waals surface area contributed by atoms with Gasteiger partial charge in [0.25, 0.3) is 5.91 Å². The molecule has 3 aromatic rings. The van der Waals surface area contributed by atoms with Crippen LogP contribution in [0.5, 0.6) is 5.75 Å². The van der Waals surface area contributed by atoms with Crippen molar-refractivity contribution in [2.24, 2.45) is 0 Å². The van der Waals surface area contributed by atoms with Crippen LogP contribution in [0.1, 0.15) is 28.8 Å². The maximum absolute atomic E-state index is 12.7. The Hall–Kier alpha value is -3.19. The summed E-state index contributed by atoms with van der Waals surface area (Å²) in [6, 6.07) is 11.6. The van der Waals surface area contributed by atoms with E-state index in [2.05, 4.69) is 32.5 Å². The minimum absolute atomic E-state index is 0.0769. The van der Waals surface area contributed by atoms with E-state index in [1.807, 2.05) is 31.2 Å². The van der Waals surface area contributed by atoms with E-state index in [0.29, 0.717) is 22.9 Å². The zero-order valence-electron chi connectivity index (χ0n) is 17.6. The predicted molar refractivity (Wildman–Crippen MR) is 119 cm³/mol. The maximum atomic E-state index is 12.7. The molecule has 0 radical (unpaired) electrons. The van der Waals surface area contributed by atoms with Crippen molar-refractivity contribution in [3.63, 3.8) is 0 Å². The zero-order valence-corrected chi connectivity index (χ0v) is 17.6. The van der Waals surface area contributed by atoms with Crippen LogP contribution in [0, 0.1) is 6.92 Å². The number of rotatable bonds is 5. The van der Waals surface area contributed by atoms with E-state index < -0.39 is 0 Å². The van der Waals surface area contributed by atoms with E-state index in [1.54, 1.807) is 25.4 Å². The van der Waals surface area contributed by atoms with Gasteiger partial charge in [0.2, 0.25) is 5.95 Å². The van der Waals surface area contributed by atoms with Crippen LogP contribution in [0.25, 0.3) is 10.9 Å². The lowest BCUT2D eigenvalue weighted by Crippen LogP contribution is -2.43. The number of aryl methyl sites for hydroxylation is 1. The van der Waals surface area contributed by atoms with Gasteiger partial charge in [-0.25, -0.2) is 9.97 Å². The molecule has 7 nitrogen and oxygen atoms in total. The normalized spacial score (nSPS) is 15.2. The van der Waals surface area contributed by atoms with Gasteiger partial charge in [-0.2, -0.15) is 0 Å². The van der Waals surface area contributed by atoms with Crippen LogP contribution in [0.15, 0.2) is 42.6 Å². The van der Waals surface area contributed by atoms with Crippen LogP contribution in [0.2, 0.25) is 0 Å². The van der Waals surface area contributed by atoms with Crippen LogP contribution in [0.4, 0.5) is 11.6 Å². The molecule has 1 amide bonds. The summed E-state index contributed by atoms with van der Waals surface area (Å²) in [5, 5.41) is 7.34. The van der Waals surface area contributed by atoms with Gasteiger partial charge < -0.3 is 20.3 Å². The number of hydrogen-bond acceptors (Lipinski definition) is 6. The molecule has 1 aromatic heterocycles. The van der Waals surface area contributed by atoms with E-state index in [9.17, 15) is 4.79 Å². The number of hydrogen-bond donors (Lipinski definition) is 2. The number of carbonyl (C=O) groups excluding carboxylic acids is 1. The van der Waals surface area contributed by atoms with Crippen molar-refractivity contribution in [2.45, 2.75) is 25.8 Å². The molecule has 2 N–H and O–H groups in total. The number of para-hydroxylation sites is 1. The minimum atomic E-state index is -0.0769. The van der Waals surface area contributed by atoms with E-state index in [-0.39, 0.29) is 11.9 Å². The number of fused-ring (bicyclic) bond motifs is 1. The van der Waals surface area contributed by atoms with E-state index in [0.717, 1.165) is 42.4 Å². The Balaban J connectivity index is 1.51. The third-order valence-corrected chi connectivity index (χ3v) is 5.58. The van der Waals surface area contributed by atoms with Crippen LogP contribution < -0.4 is 15.4 Å². The van der Waals surface area contributed by atoms with Crippen molar-refractivity contribution in [1.82, 2.24) is 20.2 Å². The van der Waals surface area contributed by atoms with Gasteiger partial charge in [-0.3, -0.25) is 4.79 Å². The quantitative estimate of drug-likeness (QED) is 0.676. The summed E-state index contributed by atoms with van der Waals surface area (Å²) in [5.41, 5.74) is 3.28. The summed E-state index contributed by atoms with van der Waals surface area (Å²) < 4.78 is 5.52. The van der Waals surface area contributed by atoms with Crippen LogP contribution in [-0.4, -0.2) is 54.1 Å². The summed E-state index contributed by atoms with van der Waals surface area (Å²) in [6.45, 7) is 4.03. The lowest BCUT2D eigenvalue weighted by atomic mass is 10.0. The van der Waals surface area contributed by atoms with Crippen molar-refractivity contribution in [2.75, 3.05) is 32.6 Å². The summed E-state index contributed by atoms with van der Waals surface area (Å²) in [6.07, 6.45) is 3.74. The fourth-order valence-corrected chi connectivity index (χ4v) is 3.74.